The first-order valence-electron chi connectivity index (χ1n) is 8.34. The topological polar surface area (TPSA) is 48.3 Å². The molecule has 4 nitrogen and oxygen atoms in total. The van der Waals surface area contributed by atoms with Crippen molar-refractivity contribution in [3.05, 3.63) is 35.3 Å². The first-order valence-corrected chi connectivity index (χ1v) is 8.34. The Hall–Kier alpha value is -2.17. The predicted octanol–water partition coefficient (Wildman–Crippen LogP) is 4.20. The molecule has 1 heterocycles. The zero-order valence-corrected chi connectivity index (χ0v) is 14.3. The smallest absolute Gasteiger partial charge is 0.340 e. The summed E-state index contributed by atoms with van der Waals surface area (Å²) in [7, 11) is 1.35. The Labute approximate surface area is 140 Å². The molecule has 0 unspecified atom stereocenters. The van der Waals surface area contributed by atoms with E-state index in [1.54, 1.807) is 6.07 Å². The number of hydrogen-bond donors (Lipinski definition) is 0. The summed E-state index contributed by atoms with van der Waals surface area (Å²) in [6.45, 7) is 3.95. The van der Waals surface area contributed by atoms with Crippen LogP contribution in [0, 0.1) is 18.7 Å². The number of Topliss-reactive ketones (excluding diaryl/α,β-unsaturated/α-hetero) is 1. The average molecular weight is 331 g/mol. The molecule has 0 aliphatic heterocycles. The lowest BCUT2D eigenvalue weighted by atomic mass is 9.83. The van der Waals surface area contributed by atoms with Crippen molar-refractivity contribution in [3.63, 3.8) is 0 Å². The second kappa shape index (κ2) is 6.38. The highest BCUT2D eigenvalue weighted by Crippen LogP contribution is 2.37. The molecular weight excluding hydrogens is 309 g/mol. The Morgan fingerprint density at radius 3 is 2.62 bits per heavy atom. The van der Waals surface area contributed by atoms with Gasteiger partial charge in [0.05, 0.1) is 18.2 Å². The molecule has 0 N–H and O–H groups in total. The minimum Gasteiger partial charge on any atom is -0.465 e. The van der Waals surface area contributed by atoms with E-state index in [0.29, 0.717) is 41.0 Å². The van der Waals surface area contributed by atoms with Crippen molar-refractivity contribution in [2.75, 3.05) is 7.11 Å². The summed E-state index contributed by atoms with van der Waals surface area (Å²) in [6.07, 6.45) is 2.88. The molecule has 2 aromatic rings. The third kappa shape index (κ3) is 2.72. The molecule has 3 rings (SSSR count). The lowest BCUT2D eigenvalue weighted by molar-refractivity contribution is -0.121. The molecule has 0 bridgehead atoms. The number of benzene rings is 1. The highest BCUT2D eigenvalue weighted by molar-refractivity contribution is 6.06. The number of rotatable bonds is 3. The molecule has 1 fully saturated rings. The van der Waals surface area contributed by atoms with Crippen LogP contribution in [0.4, 0.5) is 4.39 Å². The van der Waals surface area contributed by atoms with Crippen molar-refractivity contribution in [1.29, 1.82) is 0 Å². The van der Waals surface area contributed by atoms with Gasteiger partial charge in [-0.2, -0.15) is 0 Å². The van der Waals surface area contributed by atoms with E-state index in [4.69, 9.17) is 4.74 Å². The van der Waals surface area contributed by atoms with Gasteiger partial charge in [0.25, 0.3) is 0 Å². The fourth-order valence-electron chi connectivity index (χ4n) is 3.95. The van der Waals surface area contributed by atoms with E-state index in [2.05, 4.69) is 6.92 Å². The predicted molar refractivity (Wildman–Crippen MR) is 89.6 cm³/mol. The Bertz CT molecular complexity index is 799. The number of carbonyl (C=O) groups is 2. The van der Waals surface area contributed by atoms with Gasteiger partial charge in [-0.25, -0.2) is 9.18 Å². The van der Waals surface area contributed by atoms with Gasteiger partial charge in [0.15, 0.2) is 0 Å². The van der Waals surface area contributed by atoms with Crippen LogP contribution < -0.4 is 0 Å². The number of fused-ring (bicyclic) bond motifs is 1. The van der Waals surface area contributed by atoms with Crippen LogP contribution in [0.5, 0.6) is 0 Å². The van der Waals surface area contributed by atoms with Gasteiger partial charge in [-0.1, -0.05) is 0 Å². The molecule has 1 atom stereocenters. The summed E-state index contributed by atoms with van der Waals surface area (Å²) < 4.78 is 20.8. The fraction of sp³-hybridized carbons (Fsp3) is 0.474. The van der Waals surface area contributed by atoms with E-state index in [-0.39, 0.29) is 11.9 Å². The maximum atomic E-state index is 13.8. The maximum Gasteiger partial charge on any atom is 0.340 e. The maximum absolute atomic E-state index is 13.8. The molecule has 1 saturated carbocycles. The van der Waals surface area contributed by atoms with E-state index in [0.717, 1.165) is 18.5 Å². The number of nitrogens with zero attached hydrogens (tertiary/aromatic N) is 1. The second-order valence-corrected chi connectivity index (χ2v) is 6.60. The van der Waals surface area contributed by atoms with Gasteiger partial charge in [0.1, 0.15) is 11.6 Å². The summed E-state index contributed by atoms with van der Waals surface area (Å²) >= 11 is 0. The summed E-state index contributed by atoms with van der Waals surface area (Å²) in [5.74, 6) is -0.0860. The third-order valence-corrected chi connectivity index (χ3v) is 5.28. The molecule has 0 radical (unpaired) electrons. The molecule has 24 heavy (non-hydrogen) atoms. The van der Waals surface area contributed by atoms with Crippen molar-refractivity contribution in [2.45, 2.75) is 45.6 Å². The number of ether oxygens (including phenoxy) is 1. The molecule has 0 saturated heterocycles. The van der Waals surface area contributed by atoms with Gasteiger partial charge in [0.2, 0.25) is 0 Å². The van der Waals surface area contributed by atoms with Crippen LogP contribution in [-0.2, 0) is 9.53 Å². The molecule has 0 amide bonds. The van der Waals surface area contributed by atoms with Gasteiger partial charge in [-0.15, -0.1) is 0 Å². The first kappa shape index (κ1) is 16.7. The van der Waals surface area contributed by atoms with Gasteiger partial charge >= 0.3 is 5.97 Å². The quantitative estimate of drug-likeness (QED) is 0.792. The van der Waals surface area contributed by atoms with Crippen LogP contribution in [0.1, 0.15) is 54.7 Å². The van der Waals surface area contributed by atoms with Crippen LogP contribution >= 0.6 is 0 Å². The Balaban J connectivity index is 2.12. The molecule has 1 aliphatic carbocycles. The van der Waals surface area contributed by atoms with Gasteiger partial charge < -0.3 is 9.30 Å². The summed E-state index contributed by atoms with van der Waals surface area (Å²) in [5.41, 5.74) is 1.98. The van der Waals surface area contributed by atoms with Gasteiger partial charge in [-0.05, 0) is 50.8 Å². The minimum atomic E-state index is -0.408. The number of carbonyl (C=O) groups excluding carboxylic acids is 2. The van der Waals surface area contributed by atoms with Crippen molar-refractivity contribution in [1.82, 2.24) is 4.57 Å². The molecule has 1 aromatic heterocycles. The third-order valence-electron chi connectivity index (χ3n) is 5.28. The SMILES string of the molecule is COC(=O)c1c(C)n([C@H](C)C2CCC(=O)CC2)c2cc(F)ccc12. The monoisotopic (exact) mass is 331 g/mol. The summed E-state index contributed by atoms with van der Waals surface area (Å²) in [5, 5.41) is 0.708. The lowest BCUT2D eigenvalue weighted by Gasteiger charge is -2.30. The van der Waals surface area contributed by atoms with Gasteiger partial charge in [-0.3, -0.25) is 4.79 Å². The molecule has 1 aliphatic rings. The molecule has 128 valence electrons. The molecule has 1 aromatic carbocycles. The zero-order chi connectivity index (χ0) is 17.4. The molecular formula is C19H22FNO3. The Kier molecular flexibility index (Phi) is 4.43. The van der Waals surface area contributed by atoms with Crippen molar-refractivity contribution >= 4 is 22.7 Å². The number of esters is 1. The molecule has 5 heteroatoms. The van der Waals surface area contributed by atoms with E-state index in [1.807, 2.05) is 11.5 Å². The highest BCUT2D eigenvalue weighted by Gasteiger charge is 2.29. The Morgan fingerprint density at radius 1 is 1.33 bits per heavy atom. The van der Waals surface area contributed by atoms with Crippen LogP contribution in [0.3, 0.4) is 0 Å². The number of aromatic nitrogens is 1. The standard InChI is InChI=1S/C19H22FNO3/c1-11(13-4-7-15(22)8-5-13)21-12(2)18(19(23)24-3)16-9-6-14(20)10-17(16)21/h6,9-11,13H,4-5,7-8H2,1-3H3/t11-/m1/s1. The second-order valence-electron chi connectivity index (χ2n) is 6.60. The van der Waals surface area contributed by atoms with Crippen LogP contribution in [0.25, 0.3) is 10.9 Å². The summed E-state index contributed by atoms with van der Waals surface area (Å²) in [4.78, 5) is 23.7. The lowest BCUT2D eigenvalue weighted by Crippen LogP contribution is -2.23. The summed E-state index contributed by atoms with van der Waals surface area (Å²) in [6, 6.07) is 4.56. The van der Waals surface area contributed by atoms with E-state index >= 15 is 0 Å². The highest BCUT2D eigenvalue weighted by atomic mass is 19.1. The largest absolute Gasteiger partial charge is 0.465 e. The molecule has 0 spiro atoms. The van der Waals surface area contributed by atoms with E-state index in [9.17, 15) is 14.0 Å². The van der Waals surface area contributed by atoms with Crippen LogP contribution in [-0.4, -0.2) is 23.4 Å². The van der Waals surface area contributed by atoms with Crippen molar-refractivity contribution in [2.24, 2.45) is 5.92 Å². The Morgan fingerprint density at radius 2 is 2.00 bits per heavy atom. The van der Waals surface area contributed by atoms with Gasteiger partial charge in [0, 0.05) is 30.0 Å². The van der Waals surface area contributed by atoms with Crippen LogP contribution in [0.15, 0.2) is 18.2 Å². The number of methoxy groups -OCH3 is 1. The van der Waals surface area contributed by atoms with Crippen molar-refractivity contribution in [3.8, 4) is 0 Å². The first-order chi connectivity index (χ1) is 11.4. The normalized spacial score (nSPS) is 17.2. The van der Waals surface area contributed by atoms with E-state index < -0.39 is 5.97 Å². The zero-order valence-electron chi connectivity index (χ0n) is 14.3. The minimum absolute atomic E-state index is 0.0841. The fourth-order valence-corrected chi connectivity index (χ4v) is 3.95. The van der Waals surface area contributed by atoms with Crippen molar-refractivity contribution < 1.29 is 18.7 Å². The van der Waals surface area contributed by atoms with Crippen LogP contribution in [0.2, 0.25) is 0 Å². The average Bonchev–Trinajstić information content (AvgIpc) is 2.85. The number of hydrogen-bond acceptors (Lipinski definition) is 3. The number of ketones is 1. The van der Waals surface area contributed by atoms with E-state index in [1.165, 1.54) is 19.2 Å². The number of halogens is 1.